The molecule has 0 bridgehead atoms. The molecule has 3 N–H and O–H groups in total. The molecule has 1 aliphatic rings. The molecule has 2 atom stereocenters. The molecule has 3 aromatic rings. The van der Waals surface area contributed by atoms with Crippen molar-refractivity contribution in [1.82, 2.24) is 10.9 Å². The standard InChI is InChI=1S/C23H23N3O3/c1-2-29-23(28)16-9-5-10-17(13-16)24-22(27)21-14-20(25-26-21)19-12-6-8-15-7-3-4-11-18(15)19/h3-13,20-21,25-26H,2,14H2,1H3,(H,24,27). The van der Waals surface area contributed by atoms with Gasteiger partial charge in [0.25, 0.3) is 0 Å². The van der Waals surface area contributed by atoms with Crippen LogP contribution in [0.5, 0.6) is 0 Å². The van der Waals surface area contributed by atoms with Crippen molar-refractivity contribution >= 4 is 28.3 Å². The lowest BCUT2D eigenvalue weighted by Crippen LogP contribution is -2.39. The number of fused-ring (bicyclic) bond motifs is 1. The fourth-order valence-corrected chi connectivity index (χ4v) is 3.65. The molecule has 0 aromatic heterocycles. The van der Waals surface area contributed by atoms with E-state index in [1.165, 1.54) is 10.8 Å². The van der Waals surface area contributed by atoms with Crippen LogP contribution in [-0.2, 0) is 9.53 Å². The smallest absolute Gasteiger partial charge is 0.338 e. The normalized spacial score (nSPS) is 18.5. The van der Waals surface area contributed by atoms with E-state index in [2.05, 4.69) is 40.4 Å². The molecule has 1 heterocycles. The maximum atomic E-state index is 12.7. The highest BCUT2D eigenvalue weighted by atomic mass is 16.5. The summed E-state index contributed by atoms with van der Waals surface area (Å²) in [6.07, 6.45) is 0.622. The van der Waals surface area contributed by atoms with E-state index in [1.54, 1.807) is 31.2 Å². The number of esters is 1. The Morgan fingerprint density at radius 1 is 1.03 bits per heavy atom. The number of nitrogens with one attached hydrogen (secondary N) is 3. The second kappa shape index (κ2) is 8.43. The molecule has 4 rings (SSSR count). The van der Waals surface area contributed by atoms with Gasteiger partial charge in [-0.3, -0.25) is 4.79 Å². The van der Waals surface area contributed by atoms with E-state index in [9.17, 15) is 9.59 Å². The van der Waals surface area contributed by atoms with E-state index in [4.69, 9.17) is 4.74 Å². The molecule has 6 nitrogen and oxygen atoms in total. The molecule has 3 aromatic carbocycles. The quantitative estimate of drug-likeness (QED) is 0.582. The van der Waals surface area contributed by atoms with Crippen LogP contribution in [0.4, 0.5) is 5.69 Å². The summed E-state index contributed by atoms with van der Waals surface area (Å²) < 4.78 is 5.01. The molecule has 0 radical (unpaired) electrons. The topological polar surface area (TPSA) is 79.5 Å². The van der Waals surface area contributed by atoms with Gasteiger partial charge in [0.1, 0.15) is 6.04 Å². The Bertz CT molecular complexity index is 1040. The van der Waals surface area contributed by atoms with Crippen molar-refractivity contribution in [2.45, 2.75) is 25.4 Å². The number of hydrogen-bond donors (Lipinski definition) is 3. The van der Waals surface area contributed by atoms with Crippen LogP contribution in [0.15, 0.2) is 66.7 Å². The molecule has 1 saturated heterocycles. The molecule has 0 spiro atoms. The Labute approximate surface area is 169 Å². The minimum atomic E-state index is -0.403. The van der Waals surface area contributed by atoms with Crippen LogP contribution in [0.2, 0.25) is 0 Å². The van der Waals surface area contributed by atoms with Gasteiger partial charge in [0.05, 0.1) is 12.2 Å². The first-order valence-electron chi connectivity index (χ1n) is 9.72. The maximum absolute atomic E-state index is 12.7. The fourth-order valence-electron chi connectivity index (χ4n) is 3.65. The van der Waals surface area contributed by atoms with Crippen LogP contribution in [0.25, 0.3) is 10.8 Å². The van der Waals surface area contributed by atoms with Crippen LogP contribution in [0, 0.1) is 0 Å². The number of hydrogen-bond acceptors (Lipinski definition) is 5. The minimum absolute atomic E-state index is 0.0303. The van der Waals surface area contributed by atoms with E-state index in [-0.39, 0.29) is 18.0 Å². The zero-order valence-electron chi connectivity index (χ0n) is 16.1. The van der Waals surface area contributed by atoms with Crippen molar-refractivity contribution < 1.29 is 14.3 Å². The Morgan fingerprint density at radius 3 is 2.69 bits per heavy atom. The molecule has 0 aliphatic carbocycles. The van der Waals surface area contributed by atoms with Crippen LogP contribution in [0.1, 0.15) is 35.3 Å². The summed E-state index contributed by atoms with van der Waals surface area (Å²) in [5.41, 5.74) is 8.48. The molecule has 6 heteroatoms. The van der Waals surface area contributed by atoms with Gasteiger partial charge in [-0.15, -0.1) is 0 Å². The molecular formula is C23H23N3O3. The summed E-state index contributed by atoms with van der Waals surface area (Å²) in [5.74, 6) is -0.554. The first-order chi connectivity index (χ1) is 14.2. The first kappa shape index (κ1) is 19.1. The highest BCUT2D eigenvalue weighted by molar-refractivity contribution is 5.97. The van der Waals surface area contributed by atoms with Crippen LogP contribution in [-0.4, -0.2) is 24.5 Å². The maximum Gasteiger partial charge on any atom is 0.338 e. The van der Waals surface area contributed by atoms with E-state index in [0.29, 0.717) is 24.3 Å². The number of carbonyl (C=O) groups excluding carboxylic acids is 2. The summed E-state index contributed by atoms with van der Waals surface area (Å²) in [7, 11) is 0. The number of ether oxygens (including phenoxy) is 1. The van der Waals surface area contributed by atoms with Gasteiger partial charge in [-0.1, -0.05) is 48.5 Å². The summed E-state index contributed by atoms with van der Waals surface area (Å²) in [5, 5.41) is 5.24. The van der Waals surface area contributed by atoms with Crippen LogP contribution < -0.4 is 16.2 Å². The van der Waals surface area contributed by atoms with E-state index in [1.807, 2.05) is 18.2 Å². The third-order valence-electron chi connectivity index (χ3n) is 5.06. The van der Waals surface area contributed by atoms with E-state index in [0.717, 1.165) is 5.56 Å². The Hall–Kier alpha value is -3.22. The van der Waals surface area contributed by atoms with Crippen LogP contribution >= 0.6 is 0 Å². The van der Waals surface area contributed by atoms with Crippen molar-refractivity contribution in [2.75, 3.05) is 11.9 Å². The van der Waals surface area contributed by atoms with Crippen molar-refractivity contribution in [1.29, 1.82) is 0 Å². The van der Waals surface area contributed by atoms with Crippen LogP contribution in [0.3, 0.4) is 0 Å². The zero-order chi connectivity index (χ0) is 20.2. The number of carbonyl (C=O) groups is 2. The van der Waals surface area contributed by atoms with Gasteiger partial charge in [-0.25, -0.2) is 15.6 Å². The fraction of sp³-hybridized carbons (Fsp3) is 0.217. The third kappa shape index (κ3) is 4.13. The van der Waals surface area contributed by atoms with E-state index >= 15 is 0 Å². The lowest BCUT2D eigenvalue weighted by atomic mass is 9.96. The summed E-state index contributed by atoms with van der Waals surface area (Å²) in [6, 6.07) is 20.9. The van der Waals surface area contributed by atoms with Crippen molar-refractivity contribution in [3.8, 4) is 0 Å². The molecule has 1 amide bonds. The van der Waals surface area contributed by atoms with Gasteiger partial charge in [0.15, 0.2) is 0 Å². The molecule has 0 saturated carbocycles. The minimum Gasteiger partial charge on any atom is -0.462 e. The number of hydrazine groups is 1. The molecule has 29 heavy (non-hydrogen) atoms. The Kier molecular flexibility index (Phi) is 5.55. The van der Waals surface area contributed by atoms with Gasteiger partial charge in [0, 0.05) is 11.7 Å². The Morgan fingerprint density at radius 2 is 1.83 bits per heavy atom. The SMILES string of the molecule is CCOC(=O)c1cccc(NC(=O)C2CC(c3cccc4ccccc34)NN2)c1. The monoisotopic (exact) mass is 389 g/mol. The third-order valence-corrected chi connectivity index (χ3v) is 5.06. The number of benzene rings is 3. The highest BCUT2D eigenvalue weighted by Crippen LogP contribution is 2.29. The zero-order valence-corrected chi connectivity index (χ0v) is 16.1. The predicted molar refractivity (Wildman–Crippen MR) is 112 cm³/mol. The average Bonchev–Trinajstić information content (AvgIpc) is 3.24. The summed E-state index contributed by atoms with van der Waals surface area (Å²) in [6.45, 7) is 2.07. The molecule has 1 aliphatic heterocycles. The van der Waals surface area contributed by atoms with Crippen molar-refractivity contribution in [3.63, 3.8) is 0 Å². The van der Waals surface area contributed by atoms with Gasteiger partial charge in [-0.05, 0) is 47.9 Å². The second-order valence-corrected chi connectivity index (χ2v) is 6.99. The first-order valence-corrected chi connectivity index (χ1v) is 9.72. The molecular weight excluding hydrogens is 366 g/mol. The Balaban J connectivity index is 1.45. The van der Waals surface area contributed by atoms with Gasteiger partial charge >= 0.3 is 5.97 Å². The molecule has 2 unspecified atom stereocenters. The summed E-state index contributed by atoms with van der Waals surface area (Å²) >= 11 is 0. The molecule has 148 valence electrons. The van der Waals surface area contributed by atoms with E-state index < -0.39 is 5.97 Å². The predicted octanol–water partition coefficient (Wildman–Crippen LogP) is 3.56. The highest BCUT2D eigenvalue weighted by Gasteiger charge is 2.31. The lowest BCUT2D eigenvalue weighted by molar-refractivity contribution is -0.117. The number of amides is 1. The summed E-state index contributed by atoms with van der Waals surface area (Å²) in [4.78, 5) is 24.6. The van der Waals surface area contributed by atoms with Crippen molar-refractivity contribution in [3.05, 3.63) is 77.9 Å². The lowest BCUT2D eigenvalue weighted by Gasteiger charge is -2.13. The largest absolute Gasteiger partial charge is 0.462 e. The van der Waals surface area contributed by atoms with Gasteiger partial charge in [0.2, 0.25) is 5.91 Å². The second-order valence-electron chi connectivity index (χ2n) is 6.99. The van der Waals surface area contributed by atoms with Gasteiger partial charge < -0.3 is 10.1 Å². The number of rotatable bonds is 5. The van der Waals surface area contributed by atoms with Crippen molar-refractivity contribution in [2.24, 2.45) is 0 Å². The van der Waals surface area contributed by atoms with Gasteiger partial charge in [-0.2, -0.15) is 0 Å². The molecule has 1 fully saturated rings. The number of anilines is 1. The average molecular weight is 389 g/mol.